The average molecular weight is 968 g/mol. The molecule has 2 spiro atoms. The van der Waals surface area contributed by atoms with E-state index in [0.717, 1.165) is 17.1 Å². The highest BCUT2D eigenvalue weighted by Gasteiger charge is 2.52. The van der Waals surface area contributed by atoms with Crippen LogP contribution in [0.3, 0.4) is 0 Å². The third-order valence-electron chi connectivity index (χ3n) is 16.0. The number of fused-ring (bicyclic) bond motifs is 21. The minimum atomic E-state index is -0.513. The molecule has 12 aromatic rings. The van der Waals surface area contributed by atoms with Crippen LogP contribution < -0.4 is 4.90 Å². The molecule has 0 bridgehead atoms. The lowest BCUT2D eigenvalue weighted by atomic mass is 9.67. The zero-order chi connectivity index (χ0) is 47.1. The molecule has 16 rings (SSSR count). The summed E-state index contributed by atoms with van der Waals surface area (Å²) in [5.74, 6) is 0. The fourth-order valence-electron chi connectivity index (χ4n) is 13.2. The summed E-state index contributed by atoms with van der Waals surface area (Å²) in [5, 5.41) is 2.63. The van der Waals surface area contributed by atoms with Gasteiger partial charge in [-0.2, -0.15) is 0 Å². The van der Waals surface area contributed by atoms with E-state index in [1.165, 1.54) is 118 Å². The van der Waals surface area contributed by atoms with Gasteiger partial charge in [0.05, 0.1) is 16.5 Å². The number of hydrogen-bond donors (Lipinski definition) is 0. The second kappa shape index (κ2) is 15.3. The Hall–Kier alpha value is -7.86. The van der Waals surface area contributed by atoms with E-state index in [1.807, 2.05) is 34.9 Å². The largest absolute Gasteiger partial charge is 0.310 e. The first-order valence-corrected chi connectivity index (χ1v) is 27.2. The average Bonchev–Trinajstić information content (AvgIpc) is 4.07. The maximum Gasteiger partial charge on any atom is 0.0736 e. The maximum atomic E-state index is 2.57. The fourth-order valence-corrected chi connectivity index (χ4v) is 16.9. The van der Waals surface area contributed by atoms with Crippen LogP contribution in [0.1, 0.15) is 44.5 Å². The molecular weight excluding hydrogens is 927 g/mol. The zero-order valence-electron chi connectivity index (χ0n) is 38.8. The summed E-state index contributed by atoms with van der Waals surface area (Å²) < 4.78 is 2.64. The molecule has 2 aliphatic carbocycles. The van der Waals surface area contributed by atoms with E-state index < -0.39 is 10.8 Å². The minimum absolute atomic E-state index is 0.504. The van der Waals surface area contributed by atoms with E-state index >= 15 is 0 Å². The van der Waals surface area contributed by atoms with E-state index in [-0.39, 0.29) is 0 Å². The summed E-state index contributed by atoms with van der Waals surface area (Å²) >= 11 is 5.68. The molecule has 0 radical (unpaired) electrons. The number of rotatable bonds is 4. The minimum Gasteiger partial charge on any atom is -0.310 e. The Morgan fingerprint density at radius 2 is 0.764 bits per heavy atom. The number of benzene rings is 11. The third kappa shape index (κ3) is 5.36. The first kappa shape index (κ1) is 40.8. The highest BCUT2D eigenvalue weighted by atomic mass is 32.2. The van der Waals surface area contributed by atoms with Gasteiger partial charge in [-0.25, -0.2) is 0 Å². The van der Waals surface area contributed by atoms with Gasteiger partial charge >= 0.3 is 0 Å². The summed E-state index contributed by atoms with van der Waals surface area (Å²) in [5.41, 5.74) is 20.6. The van der Waals surface area contributed by atoms with Gasteiger partial charge in [0.25, 0.3) is 0 Å². The molecule has 336 valence electrons. The molecule has 72 heavy (non-hydrogen) atoms. The second-order valence-corrected chi connectivity index (χ2v) is 22.6. The van der Waals surface area contributed by atoms with Gasteiger partial charge in [0.2, 0.25) is 0 Å². The Labute approximate surface area is 431 Å². The van der Waals surface area contributed by atoms with Crippen molar-refractivity contribution in [3.63, 3.8) is 0 Å². The molecule has 0 amide bonds. The topological polar surface area (TPSA) is 3.24 Å². The van der Waals surface area contributed by atoms with Crippen molar-refractivity contribution >= 4 is 72.1 Å². The van der Waals surface area contributed by atoms with Crippen molar-refractivity contribution in [1.29, 1.82) is 0 Å². The molecule has 0 saturated carbocycles. The Kier molecular flexibility index (Phi) is 8.69. The lowest BCUT2D eigenvalue weighted by Gasteiger charge is -2.40. The molecule has 4 heteroatoms. The van der Waals surface area contributed by atoms with E-state index in [1.54, 1.807) is 0 Å². The van der Waals surface area contributed by atoms with Crippen LogP contribution in [0, 0.1) is 0 Å². The number of thiophene rings is 1. The molecule has 0 fully saturated rings. The molecule has 0 N–H and O–H groups in total. The predicted octanol–water partition coefficient (Wildman–Crippen LogP) is 18.8. The van der Waals surface area contributed by atoms with Crippen LogP contribution in [0.25, 0.3) is 53.6 Å². The van der Waals surface area contributed by atoms with Gasteiger partial charge in [-0.05, 0) is 133 Å². The summed E-state index contributed by atoms with van der Waals surface area (Å²) in [6.45, 7) is 0. The van der Waals surface area contributed by atoms with Crippen molar-refractivity contribution in [3.8, 4) is 33.4 Å². The van der Waals surface area contributed by atoms with Gasteiger partial charge in [-0.3, -0.25) is 0 Å². The van der Waals surface area contributed by atoms with Crippen LogP contribution in [0.5, 0.6) is 0 Å². The maximum absolute atomic E-state index is 2.57. The number of nitrogens with zero attached hydrogens (tertiary/aromatic N) is 1. The van der Waals surface area contributed by atoms with Crippen molar-refractivity contribution in [2.24, 2.45) is 0 Å². The fraction of sp³-hybridized carbons (Fsp3) is 0.0294. The summed E-state index contributed by atoms with van der Waals surface area (Å²) in [6, 6.07) is 94.3. The first-order valence-electron chi connectivity index (χ1n) is 24.7. The van der Waals surface area contributed by atoms with Gasteiger partial charge in [-0.15, -0.1) is 11.3 Å². The van der Waals surface area contributed by atoms with Crippen molar-refractivity contribution in [1.82, 2.24) is 0 Å². The number of hydrogen-bond acceptors (Lipinski definition) is 4. The summed E-state index contributed by atoms with van der Waals surface area (Å²) in [4.78, 5) is 7.79. The molecule has 4 aliphatic rings. The van der Waals surface area contributed by atoms with E-state index in [2.05, 4.69) is 254 Å². The van der Waals surface area contributed by atoms with Crippen molar-refractivity contribution in [3.05, 3.63) is 293 Å². The van der Waals surface area contributed by atoms with Gasteiger partial charge in [-0.1, -0.05) is 212 Å². The lowest BCUT2D eigenvalue weighted by molar-refractivity contribution is 0.722. The lowest BCUT2D eigenvalue weighted by Crippen LogP contribution is -2.32. The predicted molar refractivity (Wildman–Crippen MR) is 302 cm³/mol. The molecule has 0 atom stereocenters. The van der Waals surface area contributed by atoms with Gasteiger partial charge in [0.15, 0.2) is 0 Å². The first-order chi connectivity index (χ1) is 35.7. The Morgan fingerprint density at radius 3 is 1.42 bits per heavy atom. The Morgan fingerprint density at radius 1 is 0.306 bits per heavy atom. The van der Waals surface area contributed by atoms with Crippen LogP contribution in [-0.2, 0) is 10.8 Å². The van der Waals surface area contributed by atoms with Crippen LogP contribution >= 0.6 is 34.9 Å². The zero-order valence-corrected chi connectivity index (χ0v) is 41.3. The summed E-state index contributed by atoms with van der Waals surface area (Å²) in [7, 11) is 0. The molecule has 1 aromatic heterocycles. The monoisotopic (exact) mass is 967 g/mol. The molecule has 2 aliphatic heterocycles. The van der Waals surface area contributed by atoms with Gasteiger partial charge in [0.1, 0.15) is 0 Å². The Balaban J connectivity index is 0.974. The third-order valence-corrected chi connectivity index (χ3v) is 19.5. The van der Waals surface area contributed by atoms with Gasteiger partial charge in [0, 0.05) is 56.7 Å². The SMILES string of the molecule is c1ccc2c(c1)Sc1ccccc1C21c2ccccc2-c2ccc(N(c3ccc(-c4cccc5c4sc4ccccc45)cc3)c3cccc4c3-c3ccccc3C43c4ccccc4Sc4ccccc43)cc21. The molecule has 11 aromatic carbocycles. The van der Waals surface area contributed by atoms with Crippen LogP contribution in [0.4, 0.5) is 17.1 Å². The van der Waals surface area contributed by atoms with Crippen molar-refractivity contribution < 1.29 is 0 Å². The molecule has 0 unspecified atom stereocenters. The highest BCUT2D eigenvalue weighted by Crippen LogP contribution is 2.66. The quantitative estimate of drug-likeness (QED) is 0.173. The molecule has 1 nitrogen and oxygen atoms in total. The molecule has 3 heterocycles. The number of anilines is 3. The van der Waals surface area contributed by atoms with Crippen LogP contribution in [-0.4, -0.2) is 0 Å². The van der Waals surface area contributed by atoms with Crippen LogP contribution in [0.2, 0.25) is 0 Å². The second-order valence-electron chi connectivity index (χ2n) is 19.4. The highest BCUT2D eigenvalue weighted by molar-refractivity contribution is 7.99. The Bertz CT molecular complexity index is 4170. The standard InChI is InChI=1S/C68H41NS3/c1-4-22-51-46(17-1)47-40-39-44(41-58(47)68(51)55-26-8-13-33-63(55)71-64-34-14-9-27-56(64)68)69(43-37-35-42(36-38-43)45-20-15-21-49-48-18-3-10-30-60(48)72-66(45)49)59-29-16-28-57-65(59)50-19-2-5-23-52(50)67(57)53-24-6-11-31-61(53)70-62-32-12-7-25-54(62)67/h1-41H. The van der Waals surface area contributed by atoms with Crippen molar-refractivity contribution in [2.45, 2.75) is 30.4 Å². The normalized spacial score (nSPS) is 14.5. The smallest absolute Gasteiger partial charge is 0.0736 e. The van der Waals surface area contributed by atoms with Crippen molar-refractivity contribution in [2.75, 3.05) is 4.90 Å². The van der Waals surface area contributed by atoms with Gasteiger partial charge < -0.3 is 4.90 Å². The van der Waals surface area contributed by atoms with E-state index in [0.29, 0.717) is 0 Å². The van der Waals surface area contributed by atoms with E-state index in [4.69, 9.17) is 0 Å². The molecular formula is C68H41NS3. The molecule has 0 saturated heterocycles. The van der Waals surface area contributed by atoms with Crippen LogP contribution in [0.15, 0.2) is 268 Å². The van der Waals surface area contributed by atoms with E-state index in [9.17, 15) is 0 Å². The summed E-state index contributed by atoms with van der Waals surface area (Å²) in [6.07, 6.45) is 0.